The molecule has 0 saturated carbocycles. The van der Waals surface area contributed by atoms with E-state index in [9.17, 15) is 14.0 Å². The molecule has 0 aliphatic carbocycles. The van der Waals surface area contributed by atoms with Gasteiger partial charge in [0.15, 0.2) is 0 Å². The summed E-state index contributed by atoms with van der Waals surface area (Å²) in [5.74, 6) is 0.273. The van der Waals surface area contributed by atoms with Crippen LogP contribution in [-0.4, -0.2) is 51.4 Å². The Morgan fingerprint density at radius 3 is 2.76 bits per heavy atom. The molecule has 10 nitrogen and oxygen atoms in total. The molecule has 5 rings (SSSR count). The maximum Gasteiger partial charge on any atom is 0.342 e. The lowest BCUT2D eigenvalue weighted by Crippen LogP contribution is -2.50. The second-order valence-electron chi connectivity index (χ2n) is 8.59. The minimum Gasteiger partial charge on any atom is -0.489 e. The van der Waals surface area contributed by atoms with Gasteiger partial charge in [-0.1, -0.05) is 12.1 Å². The van der Waals surface area contributed by atoms with Crippen LogP contribution in [-0.2, 0) is 17.8 Å². The molecule has 2 aromatic carbocycles. The van der Waals surface area contributed by atoms with E-state index in [1.807, 2.05) is 0 Å². The van der Waals surface area contributed by atoms with Crippen LogP contribution in [0.1, 0.15) is 16.7 Å². The molecule has 0 saturated heterocycles. The van der Waals surface area contributed by atoms with Crippen LogP contribution in [0.2, 0.25) is 5.28 Å². The molecule has 3 heterocycles. The third-order valence-corrected chi connectivity index (χ3v) is 6.04. The van der Waals surface area contributed by atoms with Gasteiger partial charge in [-0.2, -0.15) is 9.78 Å². The summed E-state index contributed by atoms with van der Waals surface area (Å²) in [4.78, 5) is 35.2. The second-order valence-corrected chi connectivity index (χ2v) is 8.93. The normalized spacial score (nSPS) is 14.9. The molecule has 0 fully saturated rings. The average molecular weight is 537 g/mol. The number of hydrogen-bond acceptors (Lipinski definition) is 7. The standard InChI is InChI=1S/C26H22ClFN6O4/c1-33-22-9-20(37-14-18-10-29-25(27)30-11-18)5-6-23(22)38-15-21(24(33)35)32-26(36)34-13-17(12-31-34)7-16-3-2-4-19(28)8-16/h2-6,8-13,21H,7,14-15H2,1H3,(H,32,36)/t21-/m0/s1. The number of aromatic nitrogens is 4. The fourth-order valence-electron chi connectivity index (χ4n) is 3.91. The van der Waals surface area contributed by atoms with E-state index < -0.39 is 12.1 Å². The molecule has 0 radical (unpaired) electrons. The van der Waals surface area contributed by atoms with Crippen molar-refractivity contribution in [3.05, 3.63) is 95.0 Å². The quantitative estimate of drug-likeness (QED) is 0.375. The molecule has 4 aromatic rings. The number of carbonyl (C=O) groups excluding carboxylic acids is 2. The Balaban J connectivity index is 1.23. The number of nitrogens with zero attached hydrogens (tertiary/aromatic N) is 5. The molecule has 1 aliphatic rings. The minimum absolute atomic E-state index is 0.0678. The topological polar surface area (TPSA) is 111 Å². The van der Waals surface area contributed by atoms with E-state index in [0.29, 0.717) is 23.6 Å². The lowest BCUT2D eigenvalue weighted by Gasteiger charge is -2.20. The Morgan fingerprint density at radius 2 is 1.97 bits per heavy atom. The first-order chi connectivity index (χ1) is 18.4. The number of fused-ring (bicyclic) bond motifs is 1. The summed E-state index contributed by atoms with van der Waals surface area (Å²) in [7, 11) is 1.59. The Bertz CT molecular complexity index is 1480. The van der Waals surface area contributed by atoms with Crippen molar-refractivity contribution in [1.82, 2.24) is 25.1 Å². The zero-order valence-corrected chi connectivity index (χ0v) is 20.9. The number of anilines is 1. The molecule has 2 amide bonds. The number of likely N-dealkylation sites (N-methyl/N-ethyl adjacent to an activating group) is 1. The summed E-state index contributed by atoms with van der Waals surface area (Å²) in [6.45, 7) is 0.139. The van der Waals surface area contributed by atoms with Crippen LogP contribution in [0.3, 0.4) is 0 Å². The van der Waals surface area contributed by atoms with Crippen molar-refractivity contribution < 1.29 is 23.5 Å². The summed E-state index contributed by atoms with van der Waals surface area (Å²) in [5, 5.41) is 6.90. The maximum absolute atomic E-state index is 13.5. The summed E-state index contributed by atoms with van der Waals surface area (Å²) in [6, 6.07) is 9.76. The summed E-state index contributed by atoms with van der Waals surface area (Å²) in [6.07, 6.45) is 6.60. The van der Waals surface area contributed by atoms with E-state index in [2.05, 4.69) is 20.4 Å². The van der Waals surface area contributed by atoms with Gasteiger partial charge < -0.3 is 19.7 Å². The van der Waals surface area contributed by atoms with Gasteiger partial charge in [0.2, 0.25) is 5.28 Å². The van der Waals surface area contributed by atoms with Gasteiger partial charge in [0, 0.05) is 43.7 Å². The predicted octanol–water partition coefficient (Wildman–Crippen LogP) is 3.62. The summed E-state index contributed by atoms with van der Waals surface area (Å²) >= 11 is 5.71. The summed E-state index contributed by atoms with van der Waals surface area (Å²) < 4.78 is 26.2. The van der Waals surface area contributed by atoms with Crippen LogP contribution in [0.5, 0.6) is 11.5 Å². The van der Waals surface area contributed by atoms with Crippen LogP contribution >= 0.6 is 11.6 Å². The number of carbonyl (C=O) groups is 2. The van der Waals surface area contributed by atoms with Crippen LogP contribution in [0.15, 0.2) is 67.3 Å². The Labute approximate surface area is 222 Å². The van der Waals surface area contributed by atoms with Gasteiger partial charge in [-0.05, 0) is 47.0 Å². The van der Waals surface area contributed by atoms with Gasteiger partial charge in [-0.25, -0.2) is 19.2 Å². The number of amides is 2. The molecule has 38 heavy (non-hydrogen) atoms. The van der Waals surface area contributed by atoms with Gasteiger partial charge in [-0.3, -0.25) is 4.79 Å². The Morgan fingerprint density at radius 1 is 1.16 bits per heavy atom. The van der Waals surface area contributed by atoms with Gasteiger partial charge in [0.25, 0.3) is 5.91 Å². The van der Waals surface area contributed by atoms with E-state index in [0.717, 1.165) is 21.4 Å². The van der Waals surface area contributed by atoms with Crippen LogP contribution in [0.4, 0.5) is 14.9 Å². The van der Waals surface area contributed by atoms with Crippen LogP contribution in [0.25, 0.3) is 0 Å². The first-order valence-corrected chi connectivity index (χ1v) is 12.0. The highest BCUT2D eigenvalue weighted by Gasteiger charge is 2.31. The molecule has 1 N–H and O–H groups in total. The number of ether oxygens (including phenoxy) is 2. The first kappa shape index (κ1) is 25.2. The Kier molecular flexibility index (Phi) is 7.18. The highest BCUT2D eigenvalue weighted by molar-refractivity contribution is 6.28. The third-order valence-electron chi connectivity index (χ3n) is 5.84. The largest absolute Gasteiger partial charge is 0.489 e. The van der Waals surface area contributed by atoms with Crippen molar-refractivity contribution in [2.45, 2.75) is 19.1 Å². The van der Waals surface area contributed by atoms with Crippen molar-refractivity contribution >= 4 is 29.2 Å². The monoisotopic (exact) mass is 536 g/mol. The van der Waals surface area contributed by atoms with Gasteiger partial charge in [-0.15, -0.1) is 0 Å². The molecular formula is C26H22ClFN6O4. The fourth-order valence-corrected chi connectivity index (χ4v) is 4.01. The molecule has 1 atom stereocenters. The summed E-state index contributed by atoms with van der Waals surface area (Å²) in [5.41, 5.74) is 2.69. The smallest absolute Gasteiger partial charge is 0.342 e. The maximum atomic E-state index is 13.5. The van der Waals surface area contributed by atoms with Crippen molar-refractivity contribution in [3.8, 4) is 11.5 Å². The van der Waals surface area contributed by atoms with E-state index in [-0.39, 0.29) is 30.2 Å². The molecule has 2 aromatic heterocycles. The SMILES string of the molecule is CN1C(=O)[C@@H](NC(=O)n2cc(Cc3cccc(F)c3)cn2)COc2ccc(OCc3cnc(Cl)nc3)cc21. The molecule has 12 heteroatoms. The van der Waals surface area contributed by atoms with E-state index in [1.54, 1.807) is 49.8 Å². The zero-order valence-electron chi connectivity index (χ0n) is 20.2. The lowest BCUT2D eigenvalue weighted by atomic mass is 10.1. The molecular weight excluding hydrogens is 515 g/mol. The first-order valence-electron chi connectivity index (χ1n) is 11.6. The number of rotatable bonds is 6. The minimum atomic E-state index is -0.952. The number of hydrogen-bond donors (Lipinski definition) is 1. The molecule has 1 aliphatic heterocycles. The molecule has 194 valence electrons. The van der Waals surface area contributed by atoms with Gasteiger partial charge in [0.1, 0.15) is 36.6 Å². The fraction of sp³-hybridized carbons (Fsp3) is 0.192. The molecule has 0 spiro atoms. The van der Waals surface area contributed by atoms with Gasteiger partial charge >= 0.3 is 6.03 Å². The third kappa shape index (κ3) is 5.73. The van der Waals surface area contributed by atoms with Crippen LogP contribution in [0, 0.1) is 5.82 Å². The second kappa shape index (κ2) is 10.9. The average Bonchev–Trinajstić information content (AvgIpc) is 3.34. The van der Waals surface area contributed by atoms with E-state index in [4.69, 9.17) is 21.1 Å². The van der Waals surface area contributed by atoms with E-state index >= 15 is 0 Å². The van der Waals surface area contributed by atoms with Gasteiger partial charge in [0.05, 0.1) is 11.9 Å². The zero-order chi connectivity index (χ0) is 26.6. The molecule has 0 unspecified atom stereocenters. The number of halogens is 2. The predicted molar refractivity (Wildman–Crippen MR) is 136 cm³/mol. The van der Waals surface area contributed by atoms with E-state index in [1.165, 1.54) is 29.4 Å². The lowest BCUT2D eigenvalue weighted by molar-refractivity contribution is -0.120. The van der Waals surface area contributed by atoms with Crippen LogP contribution < -0.4 is 19.7 Å². The number of nitrogens with one attached hydrogen (secondary N) is 1. The number of benzene rings is 2. The highest BCUT2D eigenvalue weighted by atomic mass is 35.5. The molecule has 0 bridgehead atoms. The van der Waals surface area contributed by atoms with Crippen molar-refractivity contribution in [3.63, 3.8) is 0 Å². The van der Waals surface area contributed by atoms with Crippen molar-refractivity contribution in [2.24, 2.45) is 0 Å². The highest BCUT2D eigenvalue weighted by Crippen LogP contribution is 2.34. The van der Waals surface area contributed by atoms with Crippen molar-refractivity contribution in [2.75, 3.05) is 18.6 Å². The van der Waals surface area contributed by atoms with Crippen molar-refractivity contribution in [1.29, 1.82) is 0 Å². The Hall–Kier alpha value is -4.51.